The second-order valence-electron chi connectivity index (χ2n) is 7.64. The molecule has 6 nitrogen and oxygen atoms in total. The molecule has 0 saturated carbocycles. The van der Waals surface area contributed by atoms with E-state index >= 15 is 0 Å². The summed E-state index contributed by atoms with van der Waals surface area (Å²) in [6.45, 7) is 1.62. The van der Waals surface area contributed by atoms with Crippen LogP contribution in [0.25, 0.3) is 0 Å². The van der Waals surface area contributed by atoms with Gasteiger partial charge >= 0.3 is 5.97 Å². The van der Waals surface area contributed by atoms with E-state index in [2.05, 4.69) is 0 Å². The van der Waals surface area contributed by atoms with Crippen molar-refractivity contribution in [1.29, 1.82) is 0 Å². The number of amides is 2. The Morgan fingerprint density at radius 3 is 2.40 bits per heavy atom. The molecule has 0 aromatic heterocycles. The van der Waals surface area contributed by atoms with Gasteiger partial charge in [0, 0.05) is 22.0 Å². The van der Waals surface area contributed by atoms with Crippen LogP contribution in [0.4, 0.5) is 11.4 Å². The number of carbonyl (C=O) groups is 3. The van der Waals surface area contributed by atoms with Crippen LogP contribution in [0.15, 0.2) is 58.3 Å². The Morgan fingerprint density at radius 1 is 1.10 bits per heavy atom. The van der Waals surface area contributed by atoms with E-state index in [-0.39, 0.29) is 23.3 Å². The van der Waals surface area contributed by atoms with Gasteiger partial charge in [-0.25, -0.2) is 4.79 Å². The molecule has 2 atom stereocenters. The van der Waals surface area contributed by atoms with Gasteiger partial charge in [0.05, 0.1) is 16.2 Å². The lowest BCUT2D eigenvalue weighted by Gasteiger charge is -2.31. The number of nitrogens with zero attached hydrogens (tertiary/aromatic N) is 2. The number of benzene rings is 2. The van der Waals surface area contributed by atoms with Gasteiger partial charge in [-0.05, 0) is 37.6 Å². The first kappa shape index (κ1) is 19.5. The SMILES string of the molecule is C[C@@]12CCC(=O)N1[C@@H](C(=O)OCC(=O)N1c3ccccc3Sc3ccccc31)CS2. The Hall–Kier alpha value is -2.45. The van der Waals surface area contributed by atoms with Crippen LogP contribution < -0.4 is 4.90 Å². The Bertz CT molecular complexity index is 1010. The van der Waals surface area contributed by atoms with Crippen molar-refractivity contribution in [3.8, 4) is 0 Å². The van der Waals surface area contributed by atoms with Crippen molar-refractivity contribution in [1.82, 2.24) is 4.90 Å². The van der Waals surface area contributed by atoms with E-state index < -0.39 is 12.0 Å². The first-order valence-electron chi connectivity index (χ1n) is 9.79. The fourth-order valence-electron chi connectivity index (χ4n) is 4.26. The predicted octanol–water partition coefficient (Wildman–Crippen LogP) is 3.81. The number of fused-ring (bicyclic) bond motifs is 3. The van der Waals surface area contributed by atoms with Gasteiger partial charge in [0.2, 0.25) is 5.91 Å². The number of anilines is 2. The minimum absolute atomic E-state index is 0.0216. The molecule has 0 aliphatic carbocycles. The molecule has 3 aliphatic rings. The Balaban J connectivity index is 1.34. The molecule has 3 aliphatic heterocycles. The van der Waals surface area contributed by atoms with Gasteiger partial charge in [0.15, 0.2) is 6.61 Å². The Labute approximate surface area is 182 Å². The summed E-state index contributed by atoms with van der Waals surface area (Å²) in [7, 11) is 0. The summed E-state index contributed by atoms with van der Waals surface area (Å²) >= 11 is 3.22. The van der Waals surface area contributed by atoms with Crippen LogP contribution >= 0.6 is 23.5 Å². The third-order valence-corrected chi connectivity index (χ3v) is 8.37. The van der Waals surface area contributed by atoms with Crippen molar-refractivity contribution in [2.24, 2.45) is 0 Å². The van der Waals surface area contributed by atoms with Crippen LogP contribution in [0.3, 0.4) is 0 Å². The third-order valence-electron chi connectivity index (χ3n) is 5.74. The van der Waals surface area contributed by atoms with E-state index in [0.717, 1.165) is 27.6 Å². The molecular formula is C22H20N2O4S2. The maximum atomic E-state index is 13.2. The largest absolute Gasteiger partial charge is 0.454 e. The van der Waals surface area contributed by atoms with Crippen LogP contribution in [0, 0.1) is 0 Å². The molecular weight excluding hydrogens is 420 g/mol. The highest BCUT2D eigenvalue weighted by Crippen LogP contribution is 2.49. The first-order chi connectivity index (χ1) is 14.5. The van der Waals surface area contributed by atoms with Crippen LogP contribution in [0.2, 0.25) is 0 Å². The average Bonchev–Trinajstić information content (AvgIpc) is 3.25. The van der Waals surface area contributed by atoms with Crippen molar-refractivity contribution >= 4 is 52.7 Å². The summed E-state index contributed by atoms with van der Waals surface area (Å²) in [5, 5.41) is 0. The van der Waals surface area contributed by atoms with E-state index in [4.69, 9.17) is 4.74 Å². The van der Waals surface area contributed by atoms with Gasteiger partial charge in [0.1, 0.15) is 6.04 Å². The number of ether oxygens (including phenoxy) is 1. The number of carbonyl (C=O) groups excluding carboxylic acids is 3. The molecule has 0 spiro atoms. The van der Waals surface area contributed by atoms with Crippen LogP contribution in [-0.2, 0) is 19.1 Å². The Kier molecular flexibility index (Phi) is 4.78. The van der Waals surface area contributed by atoms with E-state index in [0.29, 0.717) is 12.2 Å². The molecule has 154 valence electrons. The number of hydrogen-bond donors (Lipinski definition) is 0. The van der Waals surface area contributed by atoms with Crippen LogP contribution in [0.5, 0.6) is 0 Å². The fourth-order valence-corrected chi connectivity index (χ4v) is 6.74. The molecule has 2 aromatic rings. The van der Waals surface area contributed by atoms with E-state index in [1.54, 1.807) is 33.3 Å². The molecule has 2 aromatic carbocycles. The number of esters is 1. The quantitative estimate of drug-likeness (QED) is 0.676. The highest BCUT2D eigenvalue weighted by molar-refractivity contribution is 8.01. The van der Waals surface area contributed by atoms with Crippen LogP contribution in [0.1, 0.15) is 19.8 Å². The van der Waals surface area contributed by atoms with E-state index in [1.165, 1.54) is 0 Å². The monoisotopic (exact) mass is 440 g/mol. The molecule has 3 heterocycles. The molecule has 0 N–H and O–H groups in total. The van der Waals surface area contributed by atoms with Crippen molar-refractivity contribution in [2.45, 2.75) is 40.5 Å². The smallest absolute Gasteiger partial charge is 0.330 e. The lowest BCUT2D eigenvalue weighted by Crippen LogP contribution is -2.47. The topological polar surface area (TPSA) is 66.9 Å². The summed E-state index contributed by atoms with van der Waals surface area (Å²) in [4.78, 5) is 43.0. The zero-order valence-electron chi connectivity index (χ0n) is 16.4. The highest BCUT2D eigenvalue weighted by Gasteiger charge is 2.53. The fraction of sp³-hybridized carbons (Fsp3) is 0.318. The lowest BCUT2D eigenvalue weighted by molar-refractivity contribution is -0.155. The lowest BCUT2D eigenvalue weighted by atomic mass is 10.2. The van der Waals surface area contributed by atoms with Crippen molar-refractivity contribution < 1.29 is 19.1 Å². The molecule has 5 rings (SSSR count). The minimum Gasteiger partial charge on any atom is -0.454 e. The van der Waals surface area contributed by atoms with Crippen molar-refractivity contribution in [3.63, 3.8) is 0 Å². The summed E-state index contributed by atoms with van der Waals surface area (Å²) in [5.41, 5.74) is 1.56. The molecule has 0 unspecified atom stereocenters. The molecule has 2 amide bonds. The molecule has 30 heavy (non-hydrogen) atoms. The van der Waals surface area contributed by atoms with E-state index in [9.17, 15) is 14.4 Å². The van der Waals surface area contributed by atoms with Gasteiger partial charge in [0.25, 0.3) is 5.91 Å². The number of hydrogen-bond acceptors (Lipinski definition) is 6. The number of rotatable bonds is 3. The number of thioether (sulfide) groups is 1. The van der Waals surface area contributed by atoms with Gasteiger partial charge < -0.3 is 9.64 Å². The standard InChI is InChI=1S/C22H20N2O4S2/c1-22-11-10-19(25)24(22)16(13-29-22)21(27)28-12-20(26)23-14-6-2-4-8-17(14)30-18-9-5-3-7-15(18)23/h2-9,16H,10-13H2,1H3/t16-,22-/m1/s1. The molecule has 8 heteroatoms. The second kappa shape index (κ2) is 7.35. The van der Waals surface area contributed by atoms with Gasteiger partial charge in [-0.3, -0.25) is 14.5 Å². The summed E-state index contributed by atoms with van der Waals surface area (Å²) in [6.07, 6.45) is 1.18. The molecule has 2 fully saturated rings. The maximum absolute atomic E-state index is 13.2. The second-order valence-corrected chi connectivity index (χ2v) is 10.2. The first-order valence-corrected chi connectivity index (χ1v) is 11.6. The molecule has 0 bridgehead atoms. The van der Waals surface area contributed by atoms with Gasteiger partial charge in [-0.15, -0.1) is 11.8 Å². The van der Waals surface area contributed by atoms with Crippen LogP contribution in [-0.4, -0.2) is 46.0 Å². The Morgan fingerprint density at radius 2 is 1.73 bits per heavy atom. The maximum Gasteiger partial charge on any atom is 0.330 e. The minimum atomic E-state index is -0.626. The normalized spacial score (nSPS) is 24.3. The van der Waals surface area contributed by atoms with Gasteiger partial charge in [-0.1, -0.05) is 36.0 Å². The molecule has 2 saturated heterocycles. The third kappa shape index (κ3) is 3.09. The summed E-state index contributed by atoms with van der Waals surface area (Å²) in [5.74, 6) is -0.347. The van der Waals surface area contributed by atoms with Crippen molar-refractivity contribution in [3.05, 3.63) is 48.5 Å². The highest BCUT2D eigenvalue weighted by atomic mass is 32.2. The molecule has 0 radical (unpaired) electrons. The van der Waals surface area contributed by atoms with E-state index in [1.807, 2.05) is 55.5 Å². The van der Waals surface area contributed by atoms with Gasteiger partial charge in [-0.2, -0.15) is 0 Å². The zero-order valence-corrected chi connectivity index (χ0v) is 18.0. The predicted molar refractivity (Wildman–Crippen MR) is 116 cm³/mol. The summed E-state index contributed by atoms with van der Waals surface area (Å²) < 4.78 is 5.43. The van der Waals surface area contributed by atoms with Crippen molar-refractivity contribution in [2.75, 3.05) is 17.3 Å². The summed E-state index contributed by atoms with van der Waals surface area (Å²) in [6, 6.07) is 14.7. The zero-order chi connectivity index (χ0) is 20.9. The average molecular weight is 441 g/mol. The number of para-hydroxylation sites is 2.